The molecular formula is C17H15NO5S. The number of aliphatic imine (C=N–C) groups is 1. The molecular weight excluding hydrogens is 330 g/mol. The summed E-state index contributed by atoms with van der Waals surface area (Å²) in [6.45, 7) is 0. The van der Waals surface area contributed by atoms with E-state index in [1.165, 1.54) is 26.9 Å². The van der Waals surface area contributed by atoms with Gasteiger partial charge in [-0.15, -0.1) is 0 Å². The molecule has 0 N–H and O–H groups in total. The van der Waals surface area contributed by atoms with E-state index in [0.29, 0.717) is 39.0 Å². The highest BCUT2D eigenvalue weighted by Gasteiger charge is 2.21. The molecule has 0 saturated carbocycles. The third kappa shape index (κ3) is 2.67. The van der Waals surface area contributed by atoms with E-state index in [2.05, 4.69) is 4.99 Å². The van der Waals surface area contributed by atoms with Crippen LogP contribution in [0.5, 0.6) is 17.2 Å². The minimum atomic E-state index is -1.31. The standard InChI is InChI=1S/C17H15NO5S/c1-21-13-6-11(7-14(22-2)17(13)23-3)16(19)10-4-5-12-15(8-10)24(20)9-18-12/h4-9H,1-3H3. The SMILES string of the molecule is COc1cc(C(=O)c2ccc3c(c2)S(=O)C=N3)cc(OC)c1OC. The van der Waals surface area contributed by atoms with Gasteiger partial charge in [0.2, 0.25) is 5.75 Å². The Kier molecular flexibility index (Phi) is 4.35. The van der Waals surface area contributed by atoms with Gasteiger partial charge >= 0.3 is 0 Å². The molecule has 2 aromatic carbocycles. The van der Waals surface area contributed by atoms with Crippen molar-refractivity contribution in [2.45, 2.75) is 4.90 Å². The van der Waals surface area contributed by atoms with E-state index in [0.717, 1.165) is 0 Å². The van der Waals surface area contributed by atoms with Crippen LogP contribution in [0.4, 0.5) is 5.69 Å². The molecule has 0 spiro atoms. The number of fused-ring (bicyclic) bond motifs is 1. The van der Waals surface area contributed by atoms with Gasteiger partial charge in [-0.25, -0.2) is 9.20 Å². The average molecular weight is 345 g/mol. The third-order valence-electron chi connectivity index (χ3n) is 3.65. The highest BCUT2D eigenvalue weighted by atomic mass is 32.2. The molecule has 7 heteroatoms. The lowest BCUT2D eigenvalue weighted by Gasteiger charge is -2.13. The zero-order valence-electron chi connectivity index (χ0n) is 13.4. The van der Waals surface area contributed by atoms with E-state index >= 15 is 0 Å². The van der Waals surface area contributed by atoms with E-state index in [4.69, 9.17) is 14.2 Å². The molecule has 124 valence electrons. The van der Waals surface area contributed by atoms with Crippen molar-refractivity contribution < 1.29 is 23.2 Å². The monoisotopic (exact) mass is 345 g/mol. The molecule has 0 aromatic heterocycles. The molecule has 0 radical (unpaired) electrons. The van der Waals surface area contributed by atoms with Gasteiger partial charge in [0, 0.05) is 11.1 Å². The highest BCUT2D eigenvalue weighted by Crippen LogP contribution is 2.39. The van der Waals surface area contributed by atoms with Crippen LogP contribution in [0.3, 0.4) is 0 Å². The maximum Gasteiger partial charge on any atom is 0.203 e. The molecule has 1 unspecified atom stereocenters. The number of ketones is 1. The van der Waals surface area contributed by atoms with Gasteiger partial charge in [0.25, 0.3) is 0 Å². The first-order chi connectivity index (χ1) is 11.6. The lowest BCUT2D eigenvalue weighted by Crippen LogP contribution is -2.04. The summed E-state index contributed by atoms with van der Waals surface area (Å²) in [5.41, 5.74) is 2.78. The van der Waals surface area contributed by atoms with Crippen LogP contribution in [-0.2, 0) is 10.8 Å². The van der Waals surface area contributed by atoms with Crippen molar-refractivity contribution in [3.63, 3.8) is 0 Å². The van der Waals surface area contributed by atoms with Gasteiger partial charge in [-0.2, -0.15) is 0 Å². The average Bonchev–Trinajstić information content (AvgIpc) is 3.00. The van der Waals surface area contributed by atoms with Crippen molar-refractivity contribution in [1.29, 1.82) is 0 Å². The number of methoxy groups -OCH3 is 3. The maximum atomic E-state index is 12.8. The Morgan fingerprint density at radius 1 is 0.958 bits per heavy atom. The van der Waals surface area contributed by atoms with Crippen molar-refractivity contribution in [2.75, 3.05) is 21.3 Å². The van der Waals surface area contributed by atoms with Gasteiger partial charge < -0.3 is 14.2 Å². The second-order valence-corrected chi connectivity index (χ2v) is 6.20. The van der Waals surface area contributed by atoms with Gasteiger partial charge in [0.05, 0.1) is 48.3 Å². The summed E-state index contributed by atoms with van der Waals surface area (Å²) < 4.78 is 27.7. The van der Waals surface area contributed by atoms with Crippen LogP contribution >= 0.6 is 0 Å². The zero-order valence-corrected chi connectivity index (χ0v) is 14.2. The number of nitrogens with zero attached hydrogens (tertiary/aromatic N) is 1. The first-order valence-electron chi connectivity index (χ1n) is 7.02. The van der Waals surface area contributed by atoms with Crippen LogP contribution in [0.25, 0.3) is 0 Å². The lowest BCUT2D eigenvalue weighted by atomic mass is 10.0. The summed E-state index contributed by atoms with van der Waals surface area (Å²) >= 11 is 0. The van der Waals surface area contributed by atoms with Gasteiger partial charge in [-0.3, -0.25) is 4.79 Å². The zero-order chi connectivity index (χ0) is 17.3. The summed E-state index contributed by atoms with van der Waals surface area (Å²) in [6, 6.07) is 8.12. The Labute approximate surface area is 141 Å². The lowest BCUT2D eigenvalue weighted by molar-refractivity contribution is 0.103. The second-order valence-electron chi connectivity index (χ2n) is 4.96. The Hall–Kier alpha value is -2.67. The van der Waals surface area contributed by atoms with Crippen molar-refractivity contribution in [2.24, 2.45) is 4.99 Å². The molecule has 3 rings (SSSR count). The fourth-order valence-electron chi connectivity index (χ4n) is 2.46. The normalized spacial score (nSPS) is 15.0. The molecule has 1 heterocycles. The van der Waals surface area contributed by atoms with E-state index in [-0.39, 0.29) is 5.78 Å². The summed E-state index contributed by atoms with van der Waals surface area (Å²) in [6.07, 6.45) is 0. The second kappa shape index (κ2) is 6.45. The van der Waals surface area contributed by atoms with Crippen molar-refractivity contribution >= 4 is 27.8 Å². The Bertz CT molecular complexity index is 850. The Morgan fingerprint density at radius 2 is 1.62 bits per heavy atom. The number of carbonyl (C=O) groups excluding carboxylic acids is 1. The summed E-state index contributed by atoms with van der Waals surface area (Å²) in [5.74, 6) is 0.975. The minimum Gasteiger partial charge on any atom is -0.493 e. The molecule has 6 nitrogen and oxygen atoms in total. The molecule has 0 aliphatic carbocycles. The minimum absolute atomic E-state index is 0.235. The fourth-order valence-corrected chi connectivity index (χ4v) is 3.36. The van der Waals surface area contributed by atoms with Crippen LogP contribution < -0.4 is 14.2 Å². The van der Waals surface area contributed by atoms with Crippen LogP contribution in [-0.4, -0.2) is 36.9 Å². The number of carbonyl (C=O) groups is 1. The van der Waals surface area contributed by atoms with Crippen molar-refractivity contribution in [1.82, 2.24) is 0 Å². The van der Waals surface area contributed by atoms with Gasteiger partial charge in [0.15, 0.2) is 17.3 Å². The molecule has 1 aliphatic heterocycles. The summed E-state index contributed by atoms with van der Waals surface area (Å²) in [5, 5.41) is 0. The topological polar surface area (TPSA) is 74.2 Å². The molecule has 0 amide bonds. The predicted molar refractivity (Wildman–Crippen MR) is 90.5 cm³/mol. The molecule has 1 aliphatic rings. The largest absolute Gasteiger partial charge is 0.493 e. The van der Waals surface area contributed by atoms with Crippen molar-refractivity contribution in [3.8, 4) is 17.2 Å². The number of hydrogen-bond acceptors (Lipinski definition) is 6. The molecule has 24 heavy (non-hydrogen) atoms. The van der Waals surface area contributed by atoms with Crippen molar-refractivity contribution in [3.05, 3.63) is 41.5 Å². The fraction of sp³-hybridized carbons (Fsp3) is 0.176. The Balaban J connectivity index is 2.05. The van der Waals surface area contributed by atoms with E-state index in [1.54, 1.807) is 30.3 Å². The molecule has 2 aromatic rings. The van der Waals surface area contributed by atoms with Crippen LogP contribution in [0.2, 0.25) is 0 Å². The number of rotatable bonds is 5. The maximum absolute atomic E-state index is 12.8. The molecule has 0 saturated heterocycles. The molecule has 0 fully saturated rings. The van der Waals surface area contributed by atoms with Gasteiger partial charge in [0.1, 0.15) is 0 Å². The Morgan fingerprint density at radius 3 is 2.21 bits per heavy atom. The predicted octanol–water partition coefficient (Wildman–Crippen LogP) is 2.72. The summed E-state index contributed by atoms with van der Waals surface area (Å²) in [4.78, 5) is 17.4. The van der Waals surface area contributed by atoms with Crippen LogP contribution in [0, 0.1) is 0 Å². The quantitative estimate of drug-likeness (QED) is 0.779. The van der Waals surface area contributed by atoms with Crippen LogP contribution in [0.15, 0.2) is 40.2 Å². The molecule has 0 bridgehead atoms. The van der Waals surface area contributed by atoms with Crippen LogP contribution in [0.1, 0.15) is 15.9 Å². The first-order valence-corrected chi connectivity index (χ1v) is 8.24. The van der Waals surface area contributed by atoms with E-state index in [9.17, 15) is 9.00 Å². The summed E-state index contributed by atoms with van der Waals surface area (Å²) in [7, 11) is 3.16. The smallest absolute Gasteiger partial charge is 0.203 e. The number of benzene rings is 2. The highest BCUT2D eigenvalue weighted by molar-refractivity contribution is 7.99. The van der Waals surface area contributed by atoms with E-state index in [1.807, 2.05) is 0 Å². The number of hydrogen-bond donors (Lipinski definition) is 0. The van der Waals surface area contributed by atoms with Gasteiger partial charge in [-0.1, -0.05) is 0 Å². The third-order valence-corrected chi connectivity index (χ3v) is 4.71. The van der Waals surface area contributed by atoms with Gasteiger partial charge in [-0.05, 0) is 30.3 Å². The first kappa shape index (κ1) is 16.2. The molecule has 1 atom stereocenters. The number of ether oxygens (including phenoxy) is 3. The van der Waals surface area contributed by atoms with E-state index < -0.39 is 10.8 Å².